The Morgan fingerprint density at radius 2 is 2.06 bits per heavy atom. The fourth-order valence-corrected chi connectivity index (χ4v) is 3.70. The zero-order chi connectivity index (χ0) is 12.8. The first kappa shape index (κ1) is 13.7. The van der Waals surface area contributed by atoms with Gasteiger partial charge in [0.05, 0.1) is 5.25 Å². The molecule has 1 aliphatic carbocycles. The normalized spacial score (nSPS) is 18.7. The number of rotatable bonds is 6. The van der Waals surface area contributed by atoms with E-state index in [1.165, 1.54) is 31.2 Å². The zero-order valence-corrected chi connectivity index (χ0v) is 12.0. The van der Waals surface area contributed by atoms with Gasteiger partial charge in [-0.1, -0.05) is 50.5 Å². The Bertz CT molecular complexity index is 400. The second-order valence-electron chi connectivity index (χ2n) is 4.98. The SMILES string of the molecule is CCCCCCSC1CCc2ccccc2C1=O. The third kappa shape index (κ3) is 3.38. The van der Waals surface area contributed by atoms with Crippen LogP contribution in [-0.4, -0.2) is 16.8 Å². The van der Waals surface area contributed by atoms with Gasteiger partial charge >= 0.3 is 0 Å². The Labute approximate surface area is 114 Å². The van der Waals surface area contributed by atoms with Gasteiger partial charge in [0, 0.05) is 5.56 Å². The van der Waals surface area contributed by atoms with Crippen molar-refractivity contribution in [1.29, 1.82) is 0 Å². The van der Waals surface area contributed by atoms with Crippen LogP contribution in [0.2, 0.25) is 0 Å². The molecule has 0 fully saturated rings. The van der Waals surface area contributed by atoms with Gasteiger partial charge in [0.25, 0.3) is 0 Å². The highest BCUT2D eigenvalue weighted by Gasteiger charge is 2.26. The number of aryl methyl sites for hydroxylation is 1. The molecule has 0 radical (unpaired) electrons. The fourth-order valence-electron chi connectivity index (χ4n) is 2.48. The number of hydrogen-bond acceptors (Lipinski definition) is 2. The van der Waals surface area contributed by atoms with Gasteiger partial charge in [-0.25, -0.2) is 0 Å². The molecule has 0 N–H and O–H groups in total. The smallest absolute Gasteiger partial charge is 0.176 e. The molecule has 1 nitrogen and oxygen atoms in total. The number of Topliss-reactive ketones (excluding diaryl/α,β-unsaturated/α-hetero) is 1. The maximum Gasteiger partial charge on any atom is 0.176 e. The van der Waals surface area contributed by atoms with Gasteiger partial charge in [-0.05, 0) is 30.6 Å². The van der Waals surface area contributed by atoms with Crippen molar-refractivity contribution in [1.82, 2.24) is 0 Å². The van der Waals surface area contributed by atoms with E-state index in [-0.39, 0.29) is 5.25 Å². The molecule has 0 heterocycles. The van der Waals surface area contributed by atoms with Crippen LogP contribution in [0.15, 0.2) is 24.3 Å². The Hall–Kier alpha value is -0.760. The van der Waals surface area contributed by atoms with Gasteiger partial charge in [-0.15, -0.1) is 0 Å². The quantitative estimate of drug-likeness (QED) is 0.702. The van der Waals surface area contributed by atoms with Crippen LogP contribution in [0.25, 0.3) is 0 Å². The average Bonchev–Trinajstić information content (AvgIpc) is 2.41. The van der Waals surface area contributed by atoms with E-state index in [1.807, 2.05) is 30.0 Å². The topological polar surface area (TPSA) is 17.1 Å². The summed E-state index contributed by atoms with van der Waals surface area (Å²) in [5.74, 6) is 1.50. The largest absolute Gasteiger partial charge is 0.293 e. The number of carbonyl (C=O) groups is 1. The average molecular weight is 262 g/mol. The molecule has 2 heteroatoms. The van der Waals surface area contributed by atoms with Crippen molar-refractivity contribution in [3.8, 4) is 0 Å². The van der Waals surface area contributed by atoms with E-state index >= 15 is 0 Å². The molecule has 0 spiro atoms. The number of unbranched alkanes of at least 4 members (excludes halogenated alkanes) is 3. The van der Waals surface area contributed by atoms with Crippen LogP contribution in [0.3, 0.4) is 0 Å². The molecule has 1 aromatic rings. The standard InChI is InChI=1S/C16H22OS/c1-2-3-4-7-12-18-15-11-10-13-8-5-6-9-14(13)16(15)17/h5-6,8-9,15H,2-4,7,10-12H2,1H3. The van der Waals surface area contributed by atoms with E-state index < -0.39 is 0 Å². The Morgan fingerprint density at radius 3 is 2.89 bits per heavy atom. The number of ketones is 1. The van der Waals surface area contributed by atoms with Crippen LogP contribution in [0, 0.1) is 0 Å². The summed E-state index contributed by atoms with van der Waals surface area (Å²) in [4.78, 5) is 12.3. The van der Waals surface area contributed by atoms with Crippen LogP contribution in [0.5, 0.6) is 0 Å². The van der Waals surface area contributed by atoms with Crippen LogP contribution >= 0.6 is 11.8 Å². The lowest BCUT2D eigenvalue weighted by Crippen LogP contribution is -2.25. The maximum atomic E-state index is 12.3. The van der Waals surface area contributed by atoms with E-state index in [0.717, 1.165) is 24.2 Å². The number of thioether (sulfide) groups is 1. The predicted octanol–water partition coefficient (Wildman–Crippen LogP) is 4.50. The molecule has 1 aliphatic rings. The predicted molar refractivity (Wildman–Crippen MR) is 79.5 cm³/mol. The van der Waals surface area contributed by atoms with Crippen molar-refractivity contribution in [2.24, 2.45) is 0 Å². The summed E-state index contributed by atoms with van der Waals surface area (Å²) in [6.07, 6.45) is 7.25. The minimum atomic E-state index is 0.210. The van der Waals surface area contributed by atoms with Gasteiger partial charge in [0.2, 0.25) is 0 Å². The maximum absolute atomic E-state index is 12.3. The molecule has 0 aromatic heterocycles. The summed E-state index contributed by atoms with van der Waals surface area (Å²) < 4.78 is 0. The lowest BCUT2D eigenvalue weighted by molar-refractivity contribution is 0.0979. The molecular weight excluding hydrogens is 240 g/mol. The molecule has 98 valence electrons. The number of hydrogen-bond donors (Lipinski definition) is 0. The molecule has 2 rings (SSSR count). The lowest BCUT2D eigenvalue weighted by atomic mass is 9.90. The third-order valence-corrected chi connectivity index (χ3v) is 4.94. The molecule has 1 atom stereocenters. The van der Waals surface area contributed by atoms with Crippen molar-refractivity contribution < 1.29 is 4.79 Å². The van der Waals surface area contributed by atoms with E-state index in [2.05, 4.69) is 13.0 Å². The highest BCUT2D eigenvalue weighted by molar-refractivity contribution is 8.00. The molecule has 0 saturated carbocycles. The highest BCUT2D eigenvalue weighted by Crippen LogP contribution is 2.29. The van der Waals surface area contributed by atoms with E-state index in [1.54, 1.807) is 0 Å². The van der Waals surface area contributed by atoms with Crippen LogP contribution in [0.4, 0.5) is 0 Å². The minimum absolute atomic E-state index is 0.210. The summed E-state index contributed by atoms with van der Waals surface area (Å²) in [5.41, 5.74) is 2.21. The van der Waals surface area contributed by atoms with E-state index in [0.29, 0.717) is 5.78 Å². The second kappa shape index (κ2) is 6.98. The summed E-state index contributed by atoms with van der Waals surface area (Å²) in [7, 11) is 0. The lowest BCUT2D eigenvalue weighted by Gasteiger charge is -2.22. The number of benzene rings is 1. The molecule has 1 aromatic carbocycles. The Morgan fingerprint density at radius 1 is 1.22 bits per heavy atom. The van der Waals surface area contributed by atoms with Crippen molar-refractivity contribution >= 4 is 17.5 Å². The third-order valence-electron chi connectivity index (χ3n) is 3.57. The zero-order valence-electron chi connectivity index (χ0n) is 11.2. The first-order valence-electron chi connectivity index (χ1n) is 7.06. The molecule has 0 aliphatic heterocycles. The molecule has 0 saturated heterocycles. The van der Waals surface area contributed by atoms with Gasteiger partial charge in [-0.2, -0.15) is 11.8 Å². The van der Waals surface area contributed by atoms with Crippen molar-refractivity contribution in [3.05, 3.63) is 35.4 Å². The van der Waals surface area contributed by atoms with Gasteiger partial charge in [0.1, 0.15) is 0 Å². The number of carbonyl (C=O) groups excluding carboxylic acids is 1. The second-order valence-corrected chi connectivity index (χ2v) is 6.29. The molecular formula is C16H22OS. The van der Waals surface area contributed by atoms with Gasteiger partial charge in [0.15, 0.2) is 5.78 Å². The minimum Gasteiger partial charge on any atom is -0.293 e. The van der Waals surface area contributed by atoms with Gasteiger partial charge in [-0.3, -0.25) is 4.79 Å². The van der Waals surface area contributed by atoms with Crippen LogP contribution in [0.1, 0.15) is 54.9 Å². The van der Waals surface area contributed by atoms with E-state index in [9.17, 15) is 4.79 Å². The first-order valence-corrected chi connectivity index (χ1v) is 8.11. The molecule has 18 heavy (non-hydrogen) atoms. The Balaban J connectivity index is 1.84. The monoisotopic (exact) mass is 262 g/mol. The van der Waals surface area contributed by atoms with Crippen molar-refractivity contribution in [3.63, 3.8) is 0 Å². The molecule has 0 bridgehead atoms. The van der Waals surface area contributed by atoms with Crippen LogP contribution < -0.4 is 0 Å². The summed E-state index contributed by atoms with van der Waals surface area (Å²) in [6, 6.07) is 8.09. The van der Waals surface area contributed by atoms with Crippen molar-refractivity contribution in [2.75, 3.05) is 5.75 Å². The molecule has 0 amide bonds. The highest BCUT2D eigenvalue weighted by atomic mass is 32.2. The van der Waals surface area contributed by atoms with Gasteiger partial charge < -0.3 is 0 Å². The summed E-state index contributed by atoms with van der Waals surface area (Å²) >= 11 is 1.87. The van der Waals surface area contributed by atoms with Crippen molar-refractivity contribution in [2.45, 2.75) is 50.7 Å². The fraction of sp³-hybridized carbons (Fsp3) is 0.562. The summed E-state index contributed by atoms with van der Waals surface area (Å²) in [5, 5.41) is 0.210. The Kier molecular flexibility index (Phi) is 5.30. The molecule has 1 unspecified atom stereocenters. The summed E-state index contributed by atoms with van der Waals surface area (Å²) in [6.45, 7) is 2.23. The number of fused-ring (bicyclic) bond motifs is 1. The van der Waals surface area contributed by atoms with Crippen LogP contribution in [-0.2, 0) is 6.42 Å². The van der Waals surface area contributed by atoms with E-state index in [4.69, 9.17) is 0 Å². The first-order chi connectivity index (χ1) is 8.83.